The Hall–Kier alpha value is -1.88. The van der Waals surface area contributed by atoms with Crippen molar-refractivity contribution >= 4 is 0 Å². The molecule has 5 heteroatoms. The lowest BCUT2D eigenvalue weighted by Gasteiger charge is -2.10. The summed E-state index contributed by atoms with van der Waals surface area (Å²) in [4.78, 5) is 4.44. The number of aromatic nitrogens is 3. The van der Waals surface area contributed by atoms with Crippen LogP contribution in [0.3, 0.4) is 0 Å². The quantitative estimate of drug-likeness (QED) is 0.892. The minimum Gasteiger partial charge on any atom is -0.496 e. The van der Waals surface area contributed by atoms with Crippen molar-refractivity contribution in [2.45, 2.75) is 20.4 Å². The summed E-state index contributed by atoms with van der Waals surface area (Å²) in [7, 11) is 3.50. The maximum Gasteiger partial charge on any atom is 0.185 e. The van der Waals surface area contributed by atoms with Gasteiger partial charge in [0.1, 0.15) is 11.6 Å². The summed E-state index contributed by atoms with van der Waals surface area (Å²) in [6, 6.07) is 4.11. The van der Waals surface area contributed by atoms with Crippen LogP contribution < -0.4 is 10.5 Å². The number of hydrogen-bond acceptors (Lipinski definition) is 4. The highest BCUT2D eigenvalue weighted by atomic mass is 16.5. The maximum atomic E-state index is 5.62. The van der Waals surface area contributed by atoms with Gasteiger partial charge in [-0.2, -0.15) is 5.10 Å². The number of benzene rings is 1. The summed E-state index contributed by atoms with van der Waals surface area (Å²) in [6.45, 7) is 4.43. The number of methoxy groups -OCH3 is 1. The van der Waals surface area contributed by atoms with Gasteiger partial charge in [-0.3, -0.25) is 4.68 Å². The van der Waals surface area contributed by atoms with Crippen molar-refractivity contribution in [2.24, 2.45) is 12.8 Å². The van der Waals surface area contributed by atoms with E-state index < -0.39 is 0 Å². The first kappa shape index (κ1) is 12.6. The molecule has 1 aromatic heterocycles. The van der Waals surface area contributed by atoms with Gasteiger partial charge in [-0.25, -0.2) is 4.98 Å². The van der Waals surface area contributed by atoms with Gasteiger partial charge in [0, 0.05) is 7.05 Å². The summed E-state index contributed by atoms with van der Waals surface area (Å²) in [5.74, 6) is 2.22. The smallest absolute Gasteiger partial charge is 0.185 e. The van der Waals surface area contributed by atoms with Crippen LogP contribution in [0, 0.1) is 13.8 Å². The lowest BCUT2D eigenvalue weighted by Crippen LogP contribution is -2.05. The molecule has 0 spiro atoms. The Bertz CT molecular complexity index is 575. The molecule has 2 rings (SSSR count). The average Bonchev–Trinajstić information content (AvgIpc) is 2.69. The molecule has 96 valence electrons. The summed E-state index contributed by atoms with van der Waals surface area (Å²) < 4.78 is 7.15. The third-order valence-electron chi connectivity index (χ3n) is 2.90. The highest BCUT2D eigenvalue weighted by Crippen LogP contribution is 2.32. The molecule has 0 saturated carbocycles. The van der Waals surface area contributed by atoms with Crippen LogP contribution in [0.2, 0.25) is 0 Å². The SMILES string of the molecule is COc1c(C)cc(C)cc1-c1nc(CN)n(C)n1. The van der Waals surface area contributed by atoms with Crippen LogP contribution in [0.15, 0.2) is 12.1 Å². The number of nitrogens with two attached hydrogens (primary N) is 1. The Kier molecular flexibility index (Phi) is 3.34. The predicted octanol–water partition coefficient (Wildman–Crippen LogP) is 1.57. The fourth-order valence-corrected chi connectivity index (χ4v) is 2.10. The van der Waals surface area contributed by atoms with Gasteiger partial charge < -0.3 is 10.5 Å². The second-order valence-electron chi connectivity index (χ2n) is 4.34. The summed E-state index contributed by atoms with van der Waals surface area (Å²) >= 11 is 0. The van der Waals surface area contributed by atoms with Crippen LogP contribution in [-0.4, -0.2) is 21.9 Å². The van der Waals surface area contributed by atoms with Crippen molar-refractivity contribution in [2.75, 3.05) is 7.11 Å². The van der Waals surface area contributed by atoms with Crippen LogP contribution >= 0.6 is 0 Å². The molecule has 1 heterocycles. The molecule has 0 radical (unpaired) electrons. The van der Waals surface area contributed by atoms with Gasteiger partial charge in [0.15, 0.2) is 5.82 Å². The minimum absolute atomic E-state index is 0.372. The highest BCUT2D eigenvalue weighted by Gasteiger charge is 2.15. The first-order chi connectivity index (χ1) is 8.56. The second-order valence-corrected chi connectivity index (χ2v) is 4.34. The Morgan fingerprint density at radius 1 is 1.33 bits per heavy atom. The lowest BCUT2D eigenvalue weighted by atomic mass is 10.1. The molecule has 0 aliphatic heterocycles. The molecule has 0 aliphatic carbocycles. The molecular formula is C13H18N4O. The van der Waals surface area contributed by atoms with E-state index >= 15 is 0 Å². The van der Waals surface area contributed by atoms with Crippen molar-refractivity contribution in [3.8, 4) is 17.1 Å². The Labute approximate surface area is 107 Å². The molecule has 0 saturated heterocycles. The lowest BCUT2D eigenvalue weighted by molar-refractivity contribution is 0.413. The topological polar surface area (TPSA) is 66.0 Å². The molecule has 5 nitrogen and oxygen atoms in total. The van der Waals surface area contributed by atoms with Crippen molar-refractivity contribution in [1.29, 1.82) is 0 Å². The van der Waals surface area contributed by atoms with Gasteiger partial charge in [0.05, 0.1) is 19.2 Å². The Morgan fingerprint density at radius 3 is 2.61 bits per heavy atom. The number of aryl methyl sites for hydroxylation is 3. The Morgan fingerprint density at radius 2 is 2.06 bits per heavy atom. The summed E-state index contributed by atoms with van der Waals surface area (Å²) in [5.41, 5.74) is 8.76. The van der Waals surface area contributed by atoms with Gasteiger partial charge in [0.2, 0.25) is 0 Å². The zero-order chi connectivity index (χ0) is 13.3. The van der Waals surface area contributed by atoms with E-state index in [9.17, 15) is 0 Å². The predicted molar refractivity (Wildman–Crippen MR) is 70.4 cm³/mol. The third kappa shape index (κ3) is 2.09. The molecule has 0 atom stereocenters. The second kappa shape index (κ2) is 4.78. The van der Waals surface area contributed by atoms with E-state index in [2.05, 4.69) is 16.1 Å². The fourth-order valence-electron chi connectivity index (χ4n) is 2.10. The van der Waals surface area contributed by atoms with Crippen LogP contribution in [0.4, 0.5) is 0 Å². The van der Waals surface area contributed by atoms with Crippen molar-refractivity contribution in [1.82, 2.24) is 14.8 Å². The summed E-state index contributed by atoms with van der Waals surface area (Å²) in [5, 5.41) is 4.39. The molecule has 0 bridgehead atoms. The molecule has 0 amide bonds. The first-order valence-electron chi connectivity index (χ1n) is 5.82. The third-order valence-corrected chi connectivity index (χ3v) is 2.90. The number of hydrogen-bond donors (Lipinski definition) is 1. The van der Waals surface area contributed by atoms with Gasteiger partial charge in [-0.1, -0.05) is 6.07 Å². The van der Waals surface area contributed by atoms with Crippen molar-refractivity contribution < 1.29 is 4.74 Å². The number of ether oxygens (including phenoxy) is 1. The standard InChI is InChI=1S/C13H18N4O/c1-8-5-9(2)12(18-4)10(6-8)13-15-11(7-14)17(3)16-13/h5-6H,7,14H2,1-4H3. The number of nitrogens with zero attached hydrogens (tertiary/aromatic N) is 3. The van der Waals surface area contributed by atoms with E-state index in [1.165, 1.54) is 0 Å². The van der Waals surface area contributed by atoms with Crippen LogP contribution in [-0.2, 0) is 13.6 Å². The number of rotatable bonds is 3. The molecule has 0 aliphatic rings. The van der Waals surface area contributed by atoms with Crippen molar-refractivity contribution in [3.05, 3.63) is 29.1 Å². The monoisotopic (exact) mass is 246 g/mol. The Balaban J connectivity index is 2.61. The molecule has 2 aromatic rings. The van der Waals surface area contributed by atoms with E-state index in [-0.39, 0.29) is 0 Å². The molecule has 1 aromatic carbocycles. The molecule has 0 fully saturated rings. The highest BCUT2D eigenvalue weighted by molar-refractivity contribution is 5.67. The fraction of sp³-hybridized carbons (Fsp3) is 0.385. The maximum absolute atomic E-state index is 5.62. The van der Waals surface area contributed by atoms with E-state index in [0.717, 1.165) is 28.3 Å². The van der Waals surface area contributed by atoms with E-state index in [1.807, 2.05) is 27.0 Å². The van der Waals surface area contributed by atoms with Crippen molar-refractivity contribution in [3.63, 3.8) is 0 Å². The van der Waals surface area contributed by atoms with Gasteiger partial charge in [-0.05, 0) is 31.0 Å². The minimum atomic E-state index is 0.372. The molecular weight excluding hydrogens is 228 g/mol. The van der Waals surface area contributed by atoms with Crippen LogP contribution in [0.1, 0.15) is 17.0 Å². The van der Waals surface area contributed by atoms with E-state index in [4.69, 9.17) is 10.5 Å². The van der Waals surface area contributed by atoms with E-state index in [0.29, 0.717) is 12.4 Å². The van der Waals surface area contributed by atoms with Gasteiger partial charge >= 0.3 is 0 Å². The summed E-state index contributed by atoms with van der Waals surface area (Å²) in [6.07, 6.45) is 0. The zero-order valence-electron chi connectivity index (χ0n) is 11.2. The van der Waals surface area contributed by atoms with Crippen LogP contribution in [0.5, 0.6) is 5.75 Å². The normalized spacial score (nSPS) is 10.7. The largest absolute Gasteiger partial charge is 0.496 e. The molecule has 2 N–H and O–H groups in total. The van der Waals surface area contributed by atoms with Gasteiger partial charge in [-0.15, -0.1) is 0 Å². The average molecular weight is 246 g/mol. The zero-order valence-corrected chi connectivity index (χ0v) is 11.2. The van der Waals surface area contributed by atoms with Gasteiger partial charge in [0.25, 0.3) is 0 Å². The van der Waals surface area contributed by atoms with Crippen LogP contribution in [0.25, 0.3) is 11.4 Å². The van der Waals surface area contributed by atoms with E-state index in [1.54, 1.807) is 11.8 Å². The molecule has 18 heavy (non-hydrogen) atoms. The first-order valence-corrected chi connectivity index (χ1v) is 5.82. The molecule has 0 unspecified atom stereocenters.